The molecule has 0 fully saturated rings. The van der Waals surface area contributed by atoms with Crippen LogP contribution in [0, 0.1) is 0 Å². The first kappa shape index (κ1) is 17.4. The third-order valence-corrected chi connectivity index (χ3v) is 2.94. The molecule has 0 aromatic rings. The summed E-state index contributed by atoms with van der Waals surface area (Å²) in [5.74, 6) is 0. The summed E-state index contributed by atoms with van der Waals surface area (Å²) >= 11 is 5.78. The van der Waals surface area contributed by atoms with Gasteiger partial charge in [0.25, 0.3) is 0 Å². The monoisotopic (exact) mass is 320 g/mol. The van der Waals surface area contributed by atoms with Gasteiger partial charge >= 0.3 is 6.18 Å². The third kappa shape index (κ3) is 5.00. The van der Waals surface area contributed by atoms with E-state index in [0.717, 1.165) is 11.9 Å². The van der Waals surface area contributed by atoms with Crippen LogP contribution in [0.5, 0.6) is 0 Å². The maximum absolute atomic E-state index is 12.4. The van der Waals surface area contributed by atoms with Crippen LogP contribution in [0.2, 0.25) is 0 Å². The van der Waals surface area contributed by atoms with Crippen molar-refractivity contribution in [2.45, 2.75) is 33.1 Å². The zero-order valence-electron chi connectivity index (χ0n) is 12.1. The molecule has 0 amide bonds. The number of rotatable bonds is 3. The van der Waals surface area contributed by atoms with Crippen molar-refractivity contribution in [3.63, 3.8) is 0 Å². The molecule has 1 atom stereocenters. The second-order valence-electron chi connectivity index (χ2n) is 4.34. The molecule has 1 rings (SSSR count). The molecular weight excluding hydrogens is 305 g/mol. The molecular formula is C13H16ClF3N4. The first-order valence-corrected chi connectivity index (χ1v) is 6.55. The number of hydrogen-bond acceptors (Lipinski definition) is 4. The van der Waals surface area contributed by atoms with Crippen molar-refractivity contribution in [3.05, 3.63) is 23.9 Å². The molecule has 0 saturated heterocycles. The molecule has 8 heteroatoms. The fourth-order valence-corrected chi connectivity index (χ4v) is 1.58. The predicted molar refractivity (Wildman–Crippen MR) is 80.0 cm³/mol. The summed E-state index contributed by atoms with van der Waals surface area (Å²) in [5.41, 5.74) is 0.184. The fourth-order valence-electron chi connectivity index (χ4n) is 1.43. The summed E-state index contributed by atoms with van der Waals surface area (Å²) in [6.07, 6.45) is -0.0663. The van der Waals surface area contributed by atoms with E-state index in [1.54, 1.807) is 32.1 Å². The van der Waals surface area contributed by atoms with Gasteiger partial charge in [0, 0.05) is 7.05 Å². The molecule has 21 heavy (non-hydrogen) atoms. The van der Waals surface area contributed by atoms with Gasteiger partial charge in [0.1, 0.15) is 17.0 Å². The number of alkyl halides is 3. The molecule has 1 aliphatic heterocycles. The Balaban J connectivity index is 2.93. The van der Waals surface area contributed by atoms with Gasteiger partial charge in [-0.2, -0.15) is 18.3 Å². The number of halogens is 4. The summed E-state index contributed by atoms with van der Waals surface area (Å²) in [6, 6.07) is 0. The van der Waals surface area contributed by atoms with Crippen LogP contribution in [0.4, 0.5) is 13.2 Å². The highest BCUT2D eigenvalue weighted by molar-refractivity contribution is 6.69. The lowest BCUT2D eigenvalue weighted by Crippen LogP contribution is -2.29. The van der Waals surface area contributed by atoms with Crippen LogP contribution in [0.25, 0.3) is 0 Å². The zero-order valence-corrected chi connectivity index (χ0v) is 12.9. The molecule has 0 bridgehead atoms. The minimum Gasteiger partial charge on any atom is -0.276 e. The highest BCUT2D eigenvalue weighted by atomic mass is 35.5. The van der Waals surface area contributed by atoms with Crippen LogP contribution in [0.1, 0.15) is 20.8 Å². The van der Waals surface area contributed by atoms with Gasteiger partial charge in [-0.15, -0.1) is 0 Å². The van der Waals surface area contributed by atoms with Gasteiger partial charge in [0.2, 0.25) is 0 Å². The van der Waals surface area contributed by atoms with Crippen molar-refractivity contribution in [1.82, 2.24) is 5.01 Å². The van der Waals surface area contributed by atoms with E-state index in [4.69, 9.17) is 11.6 Å². The van der Waals surface area contributed by atoms with Crippen LogP contribution >= 0.6 is 11.6 Å². The summed E-state index contributed by atoms with van der Waals surface area (Å²) < 4.78 is 37.3. The fraction of sp³-hybridized carbons (Fsp3) is 0.462. The smallest absolute Gasteiger partial charge is 0.276 e. The first-order chi connectivity index (χ1) is 9.65. The van der Waals surface area contributed by atoms with Gasteiger partial charge in [-0.05, 0) is 32.9 Å². The minimum atomic E-state index is -4.45. The van der Waals surface area contributed by atoms with Crippen molar-refractivity contribution in [1.29, 1.82) is 0 Å². The van der Waals surface area contributed by atoms with Crippen LogP contribution in [0.15, 0.2) is 39.0 Å². The Morgan fingerprint density at radius 3 is 2.57 bits per heavy atom. The van der Waals surface area contributed by atoms with Gasteiger partial charge in [-0.25, -0.2) is 4.99 Å². The topological polar surface area (TPSA) is 40.3 Å². The van der Waals surface area contributed by atoms with Crippen molar-refractivity contribution in [2.75, 3.05) is 7.05 Å². The maximum atomic E-state index is 12.4. The number of allylic oxidation sites excluding steroid dienone is 3. The van der Waals surface area contributed by atoms with E-state index in [-0.39, 0.29) is 0 Å². The Kier molecular flexibility index (Phi) is 5.71. The van der Waals surface area contributed by atoms with Crippen molar-refractivity contribution >= 4 is 28.2 Å². The van der Waals surface area contributed by atoms with E-state index >= 15 is 0 Å². The third-order valence-electron chi connectivity index (χ3n) is 2.73. The molecule has 0 spiro atoms. The number of dihydropyridines is 1. The Morgan fingerprint density at radius 1 is 1.43 bits per heavy atom. The number of nitrogens with zero attached hydrogens (tertiary/aromatic N) is 4. The lowest BCUT2D eigenvalue weighted by Gasteiger charge is -2.21. The van der Waals surface area contributed by atoms with Crippen LogP contribution in [0.3, 0.4) is 0 Å². The van der Waals surface area contributed by atoms with E-state index in [2.05, 4.69) is 15.1 Å². The molecule has 116 valence electrons. The second kappa shape index (κ2) is 6.89. The Hall–Kier alpha value is -1.63. The summed E-state index contributed by atoms with van der Waals surface area (Å²) in [6.45, 7) is 4.33. The SMILES string of the molecule is C/C=C1/N=C(Cl)C=CC1=NC(C)N(C)/N=C(\C)C(F)(F)F. The van der Waals surface area contributed by atoms with Crippen molar-refractivity contribution < 1.29 is 13.2 Å². The van der Waals surface area contributed by atoms with E-state index < -0.39 is 18.1 Å². The lowest BCUT2D eigenvalue weighted by molar-refractivity contribution is -0.0607. The Morgan fingerprint density at radius 2 is 2.05 bits per heavy atom. The van der Waals surface area contributed by atoms with Crippen molar-refractivity contribution in [2.24, 2.45) is 15.1 Å². The largest absolute Gasteiger partial charge is 0.430 e. The van der Waals surface area contributed by atoms with E-state index in [1.165, 1.54) is 7.05 Å². The number of aliphatic imine (C=N–C) groups is 2. The predicted octanol–water partition coefficient (Wildman–Crippen LogP) is 3.75. The molecule has 0 aromatic carbocycles. The molecule has 4 nitrogen and oxygen atoms in total. The minimum absolute atomic E-state index is 0.328. The van der Waals surface area contributed by atoms with Crippen LogP contribution in [-0.2, 0) is 0 Å². The van der Waals surface area contributed by atoms with Gasteiger partial charge in [-0.1, -0.05) is 17.7 Å². The van der Waals surface area contributed by atoms with E-state index in [9.17, 15) is 13.2 Å². The van der Waals surface area contributed by atoms with Crippen LogP contribution in [-0.4, -0.2) is 41.0 Å². The summed E-state index contributed by atoms with van der Waals surface area (Å²) in [7, 11) is 1.43. The van der Waals surface area contributed by atoms with E-state index in [0.29, 0.717) is 16.6 Å². The lowest BCUT2D eigenvalue weighted by atomic mass is 10.2. The highest BCUT2D eigenvalue weighted by Gasteiger charge is 2.32. The maximum Gasteiger partial charge on any atom is 0.430 e. The molecule has 0 radical (unpaired) electrons. The van der Waals surface area contributed by atoms with Gasteiger partial charge in [0.05, 0.1) is 11.4 Å². The standard InChI is InChI=1S/C13H16ClF3N4/c1-5-10-11(6-7-12(14)19-10)18-9(3)21(4)20-8(2)13(15,16)17/h5-7,9H,1-4H3/b10-5+,18-11?,20-8+. The molecule has 0 saturated carbocycles. The summed E-state index contributed by atoms with van der Waals surface area (Å²) in [4.78, 5) is 8.39. The van der Waals surface area contributed by atoms with Crippen molar-refractivity contribution in [3.8, 4) is 0 Å². The number of hydrazone groups is 1. The Bertz CT molecular complexity index is 544. The zero-order chi connectivity index (χ0) is 16.2. The second-order valence-corrected chi connectivity index (χ2v) is 4.73. The summed E-state index contributed by atoms with van der Waals surface area (Å²) in [5, 5.41) is 4.97. The molecule has 0 N–H and O–H groups in total. The molecule has 0 aliphatic carbocycles. The number of hydrogen-bond donors (Lipinski definition) is 0. The van der Waals surface area contributed by atoms with Gasteiger partial charge in [-0.3, -0.25) is 10.0 Å². The van der Waals surface area contributed by atoms with Gasteiger partial charge in [0.15, 0.2) is 0 Å². The van der Waals surface area contributed by atoms with Crippen LogP contribution < -0.4 is 0 Å². The normalized spacial score (nSPS) is 21.7. The quantitative estimate of drug-likeness (QED) is 0.576. The average molecular weight is 321 g/mol. The molecule has 0 aromatic heterocycles. The Labute approximate surface area is 126 Å². The highest BCUT2D eigenvalue weighted by Crippen LogP contribution is 2.18. The molecule has 1 aliphatic rings. The molecule has 1 heterocycles. The molecule has 1 unspecified atom stereocenters. The van der Waals surface area contributed by atoms with Gasteiger partial charge < -0.3 is 0 Å². The average Bonchev–Trinajstić information content (AvgIpc) is 2.39. The van der Waals surface area contributed by atoms with E-state index in [1.807, 2.05) is 0 Å². The first-order valence-electron chi connectivity index (χ1n) is 6.17.